The molecule has 15 heavy (non-hydrogen) atoms. The van der Waals surface area contributed by atoms with E-state index in [1.807, 2.05) is 37.3 Å². The van der Waals surface area contributed by atoms with E-state index < -0.39 is 5.97 Å². The molecule has 0 amide bonds. The van der Waals surface area contributed by atoms with Crippen molar-refractivity contribution in [1.29, 1.82) is 0 Å². The molecule has 1 aromatic carbocycles. The maximum absolute atomic E-state index is 10.5. The topological polar surface area (TPSA) is 46.5 Å². The van der Waals surface area contributed by atoms with Gasteiger partial charge in [0.25, 0.3) is 0 Å². The predicted octanol–water partition coefficient (Wildman–Crippen LogP) is 2.46. The summed E-state index contributed by atoms with van der Waals surface area (Å²) in [6.45, 7) is 2.41. The largest absolute Gasteiger partial charge is 0.481 e. The Labute approximate surface area is 89.7 Å². The number of carboxylic acids is 1. The number of carboxylic acid groups (broad SMARTS) is 1. The number of benzene rings is 1. The van der Waals surface area contributed by atoms with Crippen molar-refractivity contribution in [1.82, 2.24) is 0 Å². The predicted molar refractivity (Wildman–Crippen MR) is 57.6 cm³/mol. The highest BCUT2D eigenvalue weighted by molar-refractivity contribution is 5.67. The molecule has 0 saturated carbocycles. The Hall–Kier alpha value is -1.35. The number of hydrogen-bond acceptors (Lipinski definition) is 2. The number of aliphatic carboxylic acids is 1. The van der Waals surface area contributed by atoms with Crippen LogP contribution in [0.15, 0.2) is 30.3 Å². The Morgan fingerprint density at radius 3 is 2.60 bits per heavy atom. The third-order valence-corrected chi connectivity index (χ3v) is 2.19. The van der Waals surface area contributed by atoms with Crippen LogP contribution >= 0.6 is 0 Å². The lowest BCUT2D eigenvalue weighted by molar-refractivity contribution is -0.140. The molecule has 1 atom stereocenters. The second-order valence-corrected chi connectivity index (χ2v) is 3.42. The van der Waals surface area contributed by atoms with Gasteiger partial charge in [0.05, 0.1) is 19.1 Å². The average molecular weight is 208 g/mol. The van der Waals surface area contributed by atoms with Gasteiger partial charge in [0.2, 0.25) is 0 Å². The maximum atomic E-state index is 10.5. The van der Waals surface area contributed by atoms with Crippen LogP contribution in [-0.4, -0.2) is 17.2 Å². The molecule has 1 unspecified atom stereocenters. The van der Waals surface area contributed by atoms with E-state index in [1.54, 1.807) is 0 Å². The molecule has 0 aliphatic heterocycles. The molecule has 0 aliphatic rings. The Kier molecular flexibility index (Phi) is 4.84. The minimum Gasteiger partial charge on any atom is -0.481 e. The summed E-state index contributed by atoms with van der Waals surface area (Å²) in [4.78, 5) is 10.5. The van der Waals surface area contributed by atoms with Crippen LogP contribution in [0.5, 0.6) is 0 Å². The van der Waals surface area contributed by atoms with Gasteiger partial charge in [-0.25, -0.2) is 0 Å². The first-order valence-electron chi connectivity index (χ1n) is 5.09. The lowest BCUT2D eigenvalue weighted by atomic mass is 10.2. The van der Waals surface area contributed by atoms with Crippen molar-refractivity contribution in [2.45, 2.75) is 32.5 Å². The van der Waals surface area contributed by atoms with Crippen molar-refractivity contribution < 1.29 is 14.6 Å². The van der Waals surface area contributed by atoms with Gasteiger partial charge in [0.15, 0.2) is 0 Å². The summed E-state index contributed by atoms with van der Waals surface area (Å²) in [5.41, 5.74) is 1.07. The monoisotopic (exact) mass is 208 g/mol. The summed E-state index contributed by atoms with van der Waals surface area (Å²) in [5.74, 6) is -0.810. The highest BCUT2D eigenvalue weighted by atomic mass is 16.5. The van der Waals surface area contributed by atoms with Crippen LogP contribution in [0.25, 0.3) is 0 Å². The zero-order chi connectivity index (χ0) is 11.1. The summed E-state index contributed by atoms with van der Waals surface area (Å²) < 4.78 is 5.51. The molecule has 0 radical (unpaired) electrons. The van der Waals surface area contributed by atoms with Crippen molar-refractivity contribution in [3.63, 3.8) is 0 Å². The SMILES string of the molecule is CCC(CC(=O)O)OCc1ccccc1. The Bertz CT molecular complexity index is 295. The Balaban J connectivity index is 2.37. The van der Waals surface area contributed by atoms with E-state index in [-0.39, 0.29) is 12.5 Å². The number of hydrogen-bond donors (Lipinski definition) is 1. The van der Waals surface area contributed by atoms with Crippen molar-refractivity contribution in [2.75, 3.05) is 0 Å². The summed E-state index contributed by atoms with van der Waals surface area (Å²) in [6, 6.07) is 9.76. The zero-order valence-electron chi connectivity index (χ0n) is 8.85. The average Bonchev–Trinajstić information content (AvgIpc) is 2.25. The van der Waals surface area contributed by atoms with Crippen LogP contribution in [0.3, 0.4) is 0 Å². The van der Waals surface area contributed by atoms with Crippen molar-refractivity contribution >= 4 is 5.97 Å². The summed E-state index contributed by atoms with van der Waals surface area (Å²) >= 11 is 0. The standard InChI is InChI=1S/C12H16O3/c1-2-11(8-12(13)14)15-9-10-6-4-3-5-7-10/h3-7,11H,2,8-9H2,1H3,(H,13,14). The van der Waals surface area contributed by atoms with Crippen LogP contribution in [-0.2, 0) is 16.1 Å². The summed E-state index contributed by atoms with van der Waals surface area (Å²) in [6.07, 6.45) is 0.602. The minimum atomic E-state index is -0.810. The smallest absolute Gasteiger partial charge is 0.305 e. The molecule has 82 valence electrons. The van der Waals surface area contributed by atoms with Crippen molar-refractivity contribution in [2.24, 2.45) is 0 Å². The maximum Gasteiger partial charge on any atom is 0.305 e. The molecule has 0 saturated heterocycles. The van der Waals surface area contributed by atoms with Gasteiger partial charge in [-0.2, -0.15) is 0 Å². The fraction of sp³-hybridized carbons (Fsp3) is 0.417. The van der Waals surface area contributed by atoms with Crippen molar-refractivity contribution in [3.8, 4) is 0 Å². The lowest BCUT2D eigenvalue weighted by Crippen LogP contribution is -2.16. The number of rotatable bonds is 6. The molecule has 0 spiro atoms. The van der Waals surface area contributed by atoms with E-state index >= 15 is 0 Å². The number of carbonyl (C=O) groups is 1. The van der Waals surface area contributed by atoms with E-state index in [2.05, 4.69) is 0 Å². The van der Waals surface area contributed by atoms with E-state index in [1.165, 1.54) is 0 Å². The first kappa shape index (κ1) is 11.7. The molecule has 3 heteroatoms. The molecule has 3 nitrogen and oxygen atoms in total. The molecule has 0 bridgehead atoms. The molecule has 0 heterocycles. The first-order chi connectivity index (χ1) is 7.22. The molecule has 1 rings (SSSR count). The molecule has 1 aromatic rings. The molecule has 0 aliphatic carbocycles. The molecule has 1 N–H and O–H groups in total. The van der Waals surface area contributed by atoms with Gasteiger partial charge in [0.1, 0.15) is 0 Å². The second-order valence-electron chi connectivity index (χ2n) is 3.42. The van der Waals surface area contributed by atoms with Gasteiger partial charge in [-0.3, -0.25) is 4.79 Å². The van der Waals surface area contributed by atoms with E-state index in [0.29, 0.717) is 6.61 Å². The highest BCUT2D eigenvalue weighted by Gasteiger charge is 2.11. The molecule has 0 fully saturated rings. The van der Waals surface area contributed by atoms with E-state index in [4.69, 9.17) is 9.84 Å². The van der Waals surface area contributed by atoms with Crippen LogP contribution in [0.1, 0.15) is 25.3 Å². The van der Waals surface area contributed by atoms with Crippen LogP contribution < -0.4 is 0 Å². The minimum absolute atomic E-state index is 0.0728. The van der Waals surface area contributed by atoms with E-state index in [0.717, 1.165) is 12.0 Å². The highest BCUT2D eigenvalue weighted by Crippen LogP contribution is 2.08. The van der Waals surface area contributed by atoms with Crippen LogP contribution in [0.4, 0.5) is 0 Å². The van der Waals surface area contributed by atoms with Crippen LogP contribution in [0.2, 0.25) is 0 Å². The molecular weight excluding hydrogens is 192 g/mol. The van der Waals surface area contributed by atoms with Gasteiger partial charge >= 0.3 is 5.97 Å². The lowest BCUT2D eigenvalue weighted by Gasteiger charge is -2.13. The normalized spacial score (nSPS) is 12.3. The Morgan fingerprint density at radius 1 is 1.40 bits per heavy atom. The summed E-state index contributed by atoms with van der Waals surface area (Å²) in [5, 5.41) is 8.63. The quantitative estimate of drug-likeness (QED) is 0.781. The van der Waals surface area contributed by atoms with Gasteiger partial charge in [-0.15, -0.1) is 0 Å². The number of ether oxygens (including phenoxy) is 1. The summed E-state index contributed by atoms with van der Waals surface area (Å²) in [7, 11) is 0. The molecular formula is C12H16O3. The van der Waals surface area contributed by atoms with E-state index in [9.17, 15) is 4.79 Å². The third-order valence-electron chi connectivity index (χ3n) is 2.19. The third kappa shape index (κ3) is 4.61. The zero-order valence-corrected chi connectivity index (χ0v) is 8.85. The Morgan fingerprint density at radius 2 is 2.07 bits per heavy atom. The molecule has 0 aromatic heterocycles. The van der Waals surface area contributed by atoms with Gasteiger partial charge in [-0.05, 0) is 12.0 Å². The fourth-order valence-electron chi connectivity index (χ4n) is 1.30. The van der Waals surface area contributed by atoms with Gasteiger partial charge in [0, 0.05) is 0 Å². The first-order valence-corrected chi connectivity index (χ1v) is 5.09. The second kappa shape index (κ2) is 6.19. The van der Waals surface area contributed by atoms with Crippen LogP contribution in [0, 0.1) is 0 Å². The van der Waals surface area contributed by atoms with Crippen molar-refractivity contribution in [3.05, 3.63) is 35.9 Å². The fourth-order valence-corrected chi connectivity index (χ4v) is 1.30. The van der Waals surface area contributed by atoms with Gasteiger partial charge in [-0.1, -0.05) is 37.3 Å². The van der Waals surface area contributed by atoms with Gasteiger partial charge < -0.3 is 9.84 Å².